The minimum Gasteiger partial charge on any atom is -0.497 e. The summed E-state index contributed by atoms with van der Waals surface area (Å²) in [6.07, 6.45) is 1.29. The molecule has 0 bridgehead atoms. The lowest BCUT2D eigenvalue weighted by atomic mass is 10.1. The molecule has 3 aromatic carbocycles. The van der Waals surface area contributed by atoms with Crippen molar-refractivity contribution >= 4 is 54.7 Å². The molecule has 0 spiro atoms. The number of benzene rings is 3. The summed E-state index contributed by atoms with van der Waals surface area (Å²) < 4.78 is 61.1. The summed E-state index contributed by atoms with van der Waals surface area (Å²) in [6.45, 7) is -0.792. The zero-order valence-corrected chi connectivity index (χ0v) is 24.7. The summed E-state index contributed by atoms with van der Waals surface area (Å²) in [6, 6.07) is 21.0. The first-order valence-electron chi connectivity index (χ1n) is 12.7. The molecule has 0 unspecified atom stereocenters. The van der Waals surface area contributed by atoms with Crippen LogP contribution in [-0.4, -0.2) is 75.3 Å². The minimum absolute atomic E-state index is 0.0173. The van der Waals surface area contributed by atoms with E-state index in [4.69, 9.17) is 16.3 Å². The van der Waals surface area contributed by atoms with Gasteiger partial charge in [0.05, 0.1) is 28.6 Å². The molecule has 1 amide bonds. The zero-order valence-electron chi connectivity index (χ0n) is 22.3. The van der Waals surface area contributed by atoms with Gasteiger partial charge in [0, 0.05) is 36.7 Å². The van der Waals surface area contributed by atoms with Crippen LogP contribution in [0.15, 0.2) is 99.8 Å². The molecule has 1 fully saturated rings. The van der Waals surface area contributed by atoms with Crippen molar-refractivity contribution in [2.45, 2.75) is 15.8 Å². The lowest BCUT2D eigenvalue weighted by Crippen LogP contribution is -2.60. The van der Waals surface area contributed by atoms with Crippen molar-refractivity contribution < 1.29 is 26.4 Å². The number of fused-ring (bicyclic) bond motifs is 1. The van der Waals surface area contributed by atoms with E-state index in [0.29, 0.717) is 16.8 Å². The maximum absolute atomic E-state index is 13.5. The van der Waals surface area contributed by atoms with Crippen molar-refractivity contribution in [2.24, 2.45) is 5.10 Å². The van der Waals surface area contributed by atoms with E-state index in [2.05, 4.69) is 15.5 Å². The molecular formula is C28H26ClN5O6S2. The summed E-state index contributed by atoms with van der Waals surface area (Å²) in [7, 11) is -6.60. The molecule has 0 aliphatic carbocycles. The SMILES string of the molecule is COc1ccc2cc(/C=N\NC(=O)[C@@H]3CN(S(=O)(=O)c4ccccc4)CCN3S(=O)(=O)c3ccccc3)c(Cl)nc2c1. The van der Waals surface area contributed by atoms with Crippen LogP contribution < -0.4 is 10.2 Å². The number of halogens is 1. The Morgan fingerprint density at radius 1 is 0.952 bits per heavy atom. The Bertz CT molecular complexity index is 1860. The van der Waals surface area contributed by atoms with Gasteiger partial charge in [0.15, 0.2) is 0 Å². The molecule has 1 aliphatic rings. The van der Waals surface area contributed by atoms with Crippen LogP contribution in [0.5, 0.6) is 5.75 Å². The Kier molecular flexibility index (Phi) is 8.57. The van der Waals surface area contributed by atoms with Crippen molar-refractivity contribution in [3.8, 4) is 5.75 Å². The van der Waals surface area contributed by atoms with Gasteiger partial charge in [-0.05, 0) is 42.5 Å². The van der Waals surface area contributed by atoms with Crippen molar-refractivity contribution in [3.63, 3.8) is 0 Å². The van der Waals surface area contributed by atoms with E-state index < -0.39 is 38.5 Å². The highest BCUT2D eigenvalue weighted by Crippen LogP contribution is 2.26. The van der Waals surface area contributed by atoms with Gasteiger partial charge in [-0.2, -0.15) is 13.7 Å². The van der Waals surface area contributed by atoms with Crippen molar-refractivity contribution in [2.75, 3.05) is 26.7 Å². The number of ether oxygens (including phenoxy) is 1. The molecule has 1 N–H and O–H groups in total. The third-order valence-corrected chi connectivity index (χ3v) is 10.8. The van der Waals surface area contributed by atoms with E-state index in [1.807, 2.05) is 0 Å². The van der Waals surface area contributed by atoms with Crippen LogP contribution in [0, 0.1) is 0 Å². The lowest BCUT2D eigenvalue weighted by molar-refractivity contribution is -0.125. The molecule has 1 aromatic heterocycles. The number of sulfonamides is 2. The predicted molar refractivity (Wildman–Crippen MR) is 158 cm³/mol. The molecule has 1 saturated heterocycles. The van der Waals surface area contributed by atoms with Gasteiger partial charge in [0.2, 0.25) is 20.0 Å². The third kappa shape index (κ3) is 6.01. The first-order chi connectivity index (χ1) is 20.1. The number of piperazine rings is 1. The topological polar surface area (TPSA) is 138 Å². The molecule has 2 heterocycles. The fourth-order valence-electron chi connectivity index (χ4n) is 4.53. The monoisotopic (exact) mass is 627 g/mol. The van der Waals surface area contributed by atoms with Crippen LogP contribution in [0.4, 0.5) is 0 Å². The third-order valence-electron chi connectivity index (χ3n) is 6.71. The van der Waals surface area contributed by atoms with Gasteiger partial charge < -0.3 is 4.74 Å². The molecule has 4 aromatic rings. The van der Waals surface area contributed by atoms with Crippen LogP contribution in [0.3, 0.4) is 0 Å². The van der Waals surface area contributed by atoms with Gasteiger partial charge in [0.25, 0.3) is 5.91 Å². The van der Waals surface area contributed by atoms with E-state index >= 15 is 0 Å². The Morgan fingerprint density at radius 2 is 1.60 bits per heavy atom. The van der Waals surface area contributed by atoms with Crippen LogP contribution >= 0.6 is 11.6 Å². The number of carbonyl (C=O) groups is 1. The Hall–Kier alpha value is -3.88. The summed E-state index contributed by atoms with van der Waals surface area (Å²) in [5, 5.41) is 4.87. The van der Waals surface area contributed by atoms with E-state index in [1.54, 1.807) is 67.8 Å². The Labute approximate surface area is 248 Å². The number of aromatic nitrogens is 1. The number of rotatable bonds is 8. The van der Waals surface area contributed by atoms with Crippen LogP contribution in [0.25, 0.3) is 10.9 Å². The van der Waals surface area contributed by atoms with E-state index in [-0.39, 0.29) is 28.0 Å². The second-order valence-electron chi connectivity index (χ2n) is 9.28. The van der Waals surface area contributed by atoms with Gasteiger partial charge in [-0.15, -0.1) is 0 Å². The van der Waals surface area contributed by atoms with Gasteiger partial charge in [0.1, 0.15) is 16.9 Å². The van der Waals surface area contributed by atoms with E-state index in [9.17, 15) is 21.6 Å². The number of hydrogen-bond donors (Lipinski definition) is 1. The number of hydrazone groups is 1. The van der Waals surface area contributed by atoms with Crippen molar-refractivity contribution in [1.29, 1.82) is 0 Å². The van der Waals surface area contributed by atoms with E-state index in [0.717, 1.165) is 14.0 Å². The molecular weight excluding hydrogens is 602 g/mol. The summed E-state index contributed by atoms with van der Waals surface area (Å²) >= 11 is 6.32. The number of amides is 1. The first-order valence-corrected chi connectivity index (χ1v) is 16.0. The Morgan fingerprint density at radius 3 is 2.24 bits per heavy atom. The number of carbonyl (C=O) groups excluding carboxylic acids is 1. The smallest absolute Gasteiger partial charge is 0.259 e. The average molecular weight is 628 g/mol. The molecule has 218 valence electrons. The normalized spacial score (nSPS) is 17.0. The number of nitrogens with zero attached hydrogens (tertiary/aromatic N) is 4. The van der Waals surface area contributed by atoms with Crippen molar-refractivity contribution in [3.05, 3.63) is 95.6 Å². The summed E-state index contributed by atoms with van der Waals surface area (Å²) in [5.41, 5.74) is 3.36. The van der Waals surface area contributed by atoms with Crippen LogP contribution in [0.2, 0.25) is 5.15 Å². The molecule has 0 radical (unpaired) electrons. The fourth-order valence-corrected chi connectivity index (χ4v) is 7.77. The molecule has 5 rings (SSSR count). The largest absolute Gasteiger partial charge is 0.497 e. The maximum Gasteiger partial charge on any atom is 0.259 e. The minimum atomic E-state index is -4.15. The molecule has 1 aliphatic heterocycles. The second-order valence-corrected chi connectivity index (χ2v) is 13.5. The molecule has 0 saturated carbocycles. The lowest BCUT2D eigenvalue weighted by Gasteiger charge is -2.38. The highest BCUT2D eigenvalue weighted by molar-refractivity contribution is 7.89. The average Bonchev–Trinajstić information content (AvgIpc) is 3.01. The molecule has 14 heteroatoms. The highest BCUT2D eigenvalue weighted by Gasteiger charge is 2.43. The van der Waals surface area contributed by atoms with Gasteiger partial charge in [-0.25, -0.2) is 27.2 Å². The number of nitrogens with one attached hydrogen (secondary N) is 1. The van der Waals surface area contributed by atoms with Crippen LogP contribution in [0.1, 0.15) is 5.56 Å². The summed E-state index contributed by atoms with van der Waals surface area (Å²) in [4.78, 5) is 17.8. The summed E-state index contributed by atoms with van der Waals surface area (Å²) in [5.74, 6) is -0.195. The fraction of sp³-hybridized carbons (Fsp3) is 0.179. The number of methoxy groups -OCH3 is 1. The molecule has 42 heavy (non-hydrogen) atoms. The number of hydrogen-bond acceptors (Lipinski definition) is 8. The Balaban J connectivity index is 1.42. The quantitative estimate of drug-likeness (QED) is 0.180. The molecule has 1 atom stereocenters. The second kappa shape index (κ2) is 12.2. The highest BCUT2D eigenvalue weighted by atomic mass is 35.5. The van der Waals surface area contributed by atoms with Crippen LogP contribution in [-0.2, 0) is 24.8 Å². The number of pyridine rings is 1. The molecule has 11 nitrogen and oxygen atoms in total. The zero-order chi connectivity index (χ0) is 29.9. The first kappa shape index (κ1) is 29.6. The van der Waals surface area contributed by atoms with Gasteiger partial charge in [-0.3, -0.25) is 4.79 Å². The van der Waals surface area contributed by atoms with Crippen molar-refractivity contribution in [1.82, 2.24) is 19.0 Å². The van der Waals surface area contributed by atoms with E-state index in [1.165, 1.54) is 30.5 Å². The predicted octanol–water partition coefficient (Wildman–Crippen LogP) is 3.11. The van der Waals surface area contributed by atoms with Gasteiger partial charge >= 0.3 is 0 Å². The maximum atomic E-state index is 13.5. The standard InChI is InChI=1S/C28H26ClN5O6S2/c1-40-22-13-12-20-16-21(27(29)31-25(20)17-22)18-30-32-28(35)26-19-33(41(36,37)23-8-4-2-5-9-23)14-15-34(26)42(38,39)24-10-6-3-7-11-24/h2-13,16-18,26H,14-15,19H2,1H3,(H,32,35)/b30-18-/t26-/m0/s1. The van der Waals surface area contributed by atoms with Gasteiger partial charge in [-0.1, -0.05) is 48.0 Å².